The van der Waals surface area contributed by atoms with Crippen molar-refractivity contribution in [2.75, 3.05) is 116 Å². The van der Waals surface area contributed by atoms with E-state index in [9.17, 15) is 86.6 Å². The fourth-order valence-corrected chi connectivity index (χ4v) is 8.33. The van der Waals surface area contributed by atoms with E-state index in [0.29, 0.717) is 12.2 Å². The molecule has 0 aromatic carbocycles. The summed E-state index contributed by atoms with van der Waals surface area (Å²) in [5, 5.41) is 44.4. The summed E-state index contributed by atoms with van der Waals surface area (Å²) in [5.74, 6) is -13.8. The summed E-state index contributed by atoms with van der Waals surface area (Å²) in [7, 11) is 2.22. The monoisotopic (exact) mass is 1140 g/mol. The number of aliphatic carboxylic acids is 1. The van der Waals surface area contributed by atoms with Crippen LogP contribution >= 0.6 is 33.3 Å². The third kappa shape index (κ3) is 34.5. The minimum atomic E-state index is -1.43. The van der Waals surface area contributed by atoms with Crippen LogP contribution in [0.5, 0.6) is 0 Å². The Labute approximate surface area is 444 Å². The highest BCUT2D eigenvalue weighted by molar-refractivity contribution is 8.77. The molecule has 1 fully saturated rings. The molecule has 34 nitrogen and oxygen atoms in total. The topological polar surface area (TPSA) is 503 Å². The Morgan fingerprint density at radius 3 is 0.803 bits per heavy atom. The third-order valence-corrected chi connectivity index (χ3v) is 12.4. The number of thioether (sulfide) groups is 1. The Bertz CT molecular complexity index is 2160. The Morgan fingerprint density at radius 2 is 0.592 bits per heavy atom. The van der Waals surface area contributed by atoms with E-state index in [0.717, 1.165) is 21.6 Å². The molecule has 0 aromatic heterocycles. The predicted octanol–water partition coefficient (Wildman–Crippen LogP) is -11.8. The van der Waals surface area contributed by atoms with Gasteiger partial charge in [0.15, 0.2) is 0 Å². The molecule has 1 aliphatic rings. The first-order valence-corrected chi connectivity index (χ1v) is 26.1. The summed E-state index contributed by atoms with van der Waals surface area (Å²) in [6, 6.07) is -1.43. The summed E-state index contributed by atoms with van der Waals surface area (Å²) in [6.07, 6.45) is 1.98. The molecule has 1 rings (SSSR count). The molecular formula is C39H60N16O18S3. The Balaban J connectivity index is 2.79. The van der Waals surface area contributed by atoms with Gasteiger partial charge in [-0.25, -0.2) is 4.79 Å². The predicted molar refractivity (Wildman–Crippen MR) is 266 cm³/mol. The minimum Gasteiger partial charge on any atom is -0.480 e. The van der Waals surface area contributed by atoms with Gasteiger partial charge in [0, 0.05) is 17.4 Å². The van der Waals surface area contributed by atoms with Crippen molar-refractivity contribution < 1.29 is 86.6 Å². The number of carbonyl (C=O) groups excluding carboxylic acids is 16. The van der Waals surface area contributed by atoms with Crippen molar-refractivity contribution in [3.63, 3.8) is 0 Å². The fraction of sp³-hybridized carbons (Fsp3) is 0.564. The third-order valence-electron chi connectivity index (χ3n) is 8.86. The lowest BCUT2D eigenvalue weighted by atomic mass is 10.1. The highest BCUT2D eigenvalue weighted by Crippen LogP contribution is 2.32. The molecule has 422 valence electrons. The van der Waals surface area contributed by atoms with Crippen molar-refractivity contribution in [2.45, 2.75) is 24.1 Å². The van der Waals surface area contributed by atoms with Crippen LogP contribution < -0.4 is 85.1 Å². The molecule has 0 aromatic rings. The van der Waals surface area contributed by atoms with Crippen molar-refractivity contribution in [1.82, 2.24) is 85.1 Å². The maximum absolute atomic E-state index is 12.7. The standard InChI is InChI=1S/C39H60N16O18S3/c1-74-4-2-21-38(39(72)73)55-37(71)20-54-36(70)19-53-35(69)18-52-34(68)17-51-33(67)16-50-32(66)15-49-31(65)14-48-30(64)13-47-29(63)12-46-28(62)11-45-27(61)10-44-26(60)9-43-25(59)8-42-24(58)7-41-23(57)6-40-22(56)3-5-75-76-21/h21,38H,2-20H2,1H3,(H,40,56)(H,41,57)(H,42,58)(H,43,59)(H,44,60)(H,45,61)(H,46,62)(H,47,63)(H,48,64)(H,49,65)(H,50,66)(H,51,67)(H,52,68)(H,53,69)(H,54,70)(H,55,71)(H,72,73). The molecule has 37 heteroatoms. The number of amides is 16. The molecule has 0 radical (unpaired) electrons. The molecule has 16 amide bonds. The summed E-state index contributed by atoms with van der Waals surface area (Å²) < 4.78 is 0. The van der Waals surface area contributed by atoms with E-state index in [1.54, 1.807) is 6.26 Å². The van der Waals surface area contributed by atoms with Crippen molar-refractivity contribution in [3.8, 4) is 0 Å². The van der Waals surface area contributed by atoms with Crippen molar-refractivity contribution >= 4 is 134 Å². The van der Waals surface area contributed by atoms with Crippen molar-refractivity contribution in [2.24, 2.45) is 0 Å². The van der Waals surface area contributed by atoms with Crippen LogP contribution in [0.4, 0.5) is 0 Å². The molecule has 0 saturated carbocycles. The molecule has 0 bridgehead atoms. The molecule has 1 heterocycles. The zero-order valence-electron chi connectivity index (χ0n) is 40.7. The highest BCUT2D eigenvalue weighted by Gasteiger charge is 2.30. The first-order chi connectivity index (χ1) is 36.1. The van der Waals surface area contributed by atoms with E-state index in [1.165, 1.54) is 11.8 Å². The van der Waals surface area contributed by atoms with E-state index in [4.69, 9.17) is 0 Å². The highest BCUT2D eigenvalue weighted by atomic mass is 33.1. The number of rotatable bonds is 4. The van der Waals surface area contributed by atoms with Gasteiger partial charge in [0.05, 0.1) is 98.2 Å². The zero-order valence-corrected chi connectivity index (χ0v) is 43.2. The van der Waals surface area contributed by atoms with Gasteiger partial charge >= 0.3 is 5.97 Å². The summed E-state index contributed by atoms with van der Waals surface area (Å²) in [5.41, 5.74) is 0. The van der Waals surface area contributed by atoms with E-state index in [-0.39, 0.29) is 12.2 Å². The smallest absolute Gasteiger partial charge is 0.327 e. The molecule has 17 N–H and O–H groups in total. The lowest BCUT2D eigenvalue weighted by Gasteiger charge is -2.24. The van der Waals surface area contributed by atoms with Crippen molar-refractivity contribution in [3.05, 3.63) is 0 Å². The van der Waals surface area contributed by atoms with Gasteiger partial charge in [0.2, 0.25) is 94.5 Å². The van der Waals surface area contributed by atoms with Crippen LogP contribution in [0.1, 0.15) is 12.8 Å². The van der Waals surface area contributed by atoms with Gasteiger partial charge < -0.3 is 90.2 Å². The van der Waals surface area contributed by atoms with E-state index < -0.39 is 210 Å². The average Bonchev–Trinajstić information content (AvgIpc) is 3.39. The maximum atomic E-state index is 12.7. The molecule has 0 spiro atoms. The zero-order chi connectivity index (χ0) is 56.8. The Hall–Kier alpha value is -7.96. The van der Waals surface area contributed by atoms with Crippen LogP contribution in [0.2, 0.25) is 0 Å². The van der Waals surface area contributed by atoms with Gasteiger partial charge in [-0.2, -0.15) is 11.8 Å². The van der Waals surface area contributed by atoms with Crippen LogP contribution in [0.25, 0.3) is 0 Å². The second kappa shape index (κ2) is 38.6. The molecule has 2 atom stereocenters. The van der Waals surface area contributed by atoms with Gasteiger partial charge in [0.25, 0.3) is 0 Å². The van der Waals surface area contributed by atoms with Gasteiger partial charge in [-0.1, -0.05) is 21.6 Å². The molecule has 1 aliphatic heterocycles. The number of hydrogen-bond acceptors (Lipinski definition) is 20. The second-order valence-corrected chi connectivity index (χ2v) is 18.7. The number of carbonyl (C=O) groups is 17. The van der Waals surface area contributed by atoms with E-state index in [2.05, 4.69) is 85.1 Å². The summed E-state index contributed by atoms with van der Waals surface area (Å²) in [4.78, 5) is 207. The second-order valence-electron chi connectivity index (χ2n) is 15.0. The van der Waals surface area contributed by atoms with Gasteiger partial charge in [0.1, 0.15) is 6.04 Å². The van der Waals surface area contributed by atoms with Crippen LogP contribution in [0.3, 0.4) is 0 Å². The molecular weight excluding hydrogens is 1080 g/mol. The number of carboxylic acid groups (broad SMARTS) is 1. The van der Waals surface area contributed by atoms with Gasteiger partial charge in [-0.3, -0.25) is 76.7 Å². The molecule has 76 heavy (non-hydrogen) atoms. The first kappa shape index (κ1) is 66.1. The van der Waals surface area contributed by atoms with Crippen LogP contribution in [0.15, 0.2) is 0 Å². The molecule has 0 aliphatic carbocycles. The van der Waals surface area contributed by atoms with Crippen LogP contribution in [0, 0.1) is 0 Å². The SMILES string of the molecule is CSCCC1SSCCC(=O)NCC(=O)NCC(=O)NCC(=O)NCC(=O)NCC(=O)NCC(=O)NCC(=O)NCC(=O)NCC(=O)NCC(=O)NCC(=O)NCC(=O)NCC(=O)NCC(=O)NCC(=O)NC1C(=O)O. The van der Waals surface area contributed by atoms with Gasteiger partial charge in [-0.15, -0.1) is 0 Å². The maximum Gasteiger partial charge on any atom is 0.327 e. The molecule has 1 saturated heterocycles. The average molecular weight is 1140 g/mol. The van der Waals surface area contributed by atoms with E-state index >= 15 is 0 Å². The van der Waals surface area contributed by atoms with Gasteiger partial charge in [-0.05, 0) is 18.4 Å². The first-order valence-electron chi connectivity index (χ1n) is 22.4. The number of carboxylic acids is 1. The molecule has 2 unspecified atom stereocenters. The quantitative estimate of drug-likeness (QED) is 0.116. The largest absolute Gasteiger partial charge is 0.480 e. The lowest BCUT2D eigenvalue weighted by Crippen LogP contribution is -2.51. The summed E-state index contributed by atoms with van der Waals surface area (Å²) in [6.45, 7) is -9.31. The van der Waals surface area contributed by atoms with E-state index in [1.807, 2.05) is 0 Å². The number of nitrogens with one attached hydrogen (secondary N) is 16. The Morgan fingerprint density at radius 1 is 0.382 bits per heavy atom. The lowest BCUT2D eigenvalue weighted by molar-refractivity contribution is -0.141. The number of hydrogen-bond donors (Lipinski definition) is 17. The van der Waals surface area contributed by atoms with Crippen LogP contribution in [-0.2, 0) is 81.5 Å². The normalized spacial score (nSPS) is 21.0. The minimum absolute atomic E-state index is 0.115. The Kier molecular flexibility index (Phi) is 33.5. The van der Waals surface area contributed by atoms with Crippen molar-refractivity contribution in [1.29, 1.82) is 0 Å². The fourth-order valence-electron chi connectivity index (χ4n) is 4.96. The summed E-state index contributed by atoms with van der Waals surface area (Å²) >= 11 is 1.41. The van der Waals surface area contributed by atoms with Crippen LogP contribution in [-0.4, -0.2) is 233 Å².